The Morgan fingerprint density at radius 1 is 1.48 bits per heavy atom. The van der Waals surface area contributed by atoms with Gasteiger partial charge in [0, 0.05) is 31.5 Å². The number of carbonyl (C=O) groups is 1. The maximum Gasteiger partial charge on any atom is 0.318 e. The Labute approximate surface area is 136 Å². The number of amides is 2. The second-order valence-corrected chi connectivity index (χ2v) is 5.97. The molecule has 0 bridgehead atoms. The Hall–Kier alpha value is -2.37. The molecule has 1 unspecified atom stereocenters. The van der Waals surface area contributed by atoms with E-state index in [1.165, 1.54) is 5.56 Å². The molecule has 122 valence electrons. The molecule has 3 heterocycles. The minimum absolute atomic E-state index is 0.0277. The van der Waals surface area contributed by atoms with Gasteiger partial charge in [-0.3, -0.25) is 9.67 Å². The van der Waals surface area contributed by atoms with Crippen LogP contribution in [0.1, 0.15) is 42.6 Å². The number of pyridine rings is 1. The molecule has 1 fully saturated rings. The maximum atomic E-state index is 12.5. The zero-order valence-corrected chi connectivity index (χ0v) is 13.7. The van der Waals surface area contributed by atoms with Crippen LogP contribution in [0.15, 0.2) is 30.7 Å². The third kappa shape index (κ3) is 3.52. The molecule has 23 heavy (non-hydrogen) atoms. The number of nitrogens with zero attached hydrogens (tertiary/aromatic N) is 4. The van der Waals surface area contributed by atoms with E-state index in [0.29, 0.717) is 6.54 Å². The lowest BCUT2D eigenvalue weighted by molar-refractivity contribution is 0.192. The van der Waals surface area contributed by atoms with Gasteiger partial charge in [-0.15, -0.1) is 0 Å². The lowest BCUT2D eigenvalue weighted by Crippen LogP contribution is -2.39. The van der Waals surface area contributed by atoms with Crippen LogP contribution in [-0.2, 0) is 20.0 Å². The molecule has 1 aliphatic heterocycles. The topological polar surface area (TPSA) is 63.1 Å². The van der Waals surface area contributed by atoms with Crippen molar-refractivity contribution >= 4 is 6.03 Å². The van der Waals surface area contributed by atoms with Gasteiger partial charge in [0.05, 0.1) is 24.5 Å². The average molecular weight is 313 g/mol. The van der Waals surface area contributed by atoms with Crippen LogP contribution in [0.25, 0.3) is 0 Å². The number of urea groups is 1. The zero-order chi connectivity index (χ0) is 16.2. The molecule has 6 heteroatoms. The fourth-order valence-electron chi connectivity index (χ4n) is 3.08. The Bertz CT molecular complexity index is 681. The van der Waals surface area contributed by atoms with E-state index in [0.717, 1.165) is 37.1 Å². The first kappa shape index (κ1) is 15.5. The van der Waals surface area contributed by atoms with Gasteiger partial charge in [-0.25, -0.2) is 4.79 Å². The van der Waals surface area contributed by atoms with Crippen molar-refractivity contribution in [1.29, 1.82) is 0 Å². The van der Waals surface area contributed by atoms with Gasteiger partial charge in [0.25, 0.3) is 0 Å². The first-order valence-electron chi connectivity index (χ1n) is 8.14. The molecule has 2 aromatic heterocycles. The number of rotatable bonds is 4. The summed E-state index contributed by atoms with van der Waals surface area (Å²) in [5, 5.41) is 7.21. The van der Waals surface area contributed by atoms with Crippen molar-refractivity contribution < 1.29 is 4.79 Å². The van der Waals surface area contributed by atoms with Crippen molar-refractivity contribution in [3.05, 3.63) is 47.5 Å². The van der Waals surface area contributed by atoms with Crippen molar-refractivity contribution in [2.75, 3.05) is 6.54 Å². The summed E-state index contributed by atoms with van der Waals surface area (Å²) < 4.78 is 1.78. The molecule has 1 aliphatic rings. The number of hydrogen-bond donors (Lipinski definition) is 1. The third-order valence-corrected chi connectivity index (χ3v) is 4.33. The van der Waals surface area contributed by atoms with E-state index in [9.17, 15) is 4.79 Å². The first-order chi connectivity index (χ1) is 11.2. The number of hydrogen-bond acceptors (Lipinski definition) is 3. The van der Waals surface area contributed by atoms with E-state index in [4.69, 9.17) is 0 Å². The molecule has 0 radical (unpaired) electrons. The van der Waals surface area contributed by atoms with Crippen molar-refractivity contribution in [1.82, 2.24) is 25.0 Å². The van der Waals surface area contributed by atoms with Crippen LogP contribution in [-0.4, -0.2) is 32.2 Å². The van der Waals surface area contributed by atoms with E-state index >= 15 is 0 Å². The molecule has 1 N–H and O–H groups in total. The summed E-state index contributed by atoms with van der Waals surface area (Å²) in [5.41, 5.74) is 3.24. The normalized spacial score (nSPS) is 17.5. The lowest BCUT2D eigenvalue weighted by Gasteiger charge is -2.24. The van der Waals surface area contributed by atoms with Gasteiger partial charge in [-0.05, 0) is 37.0 Å². The van der Waals surface area contributed by atoms with Crippen molar-refractivity contribution in [2.45, 2.75) is 38.8 Å². The van der Waals surface area contributed by atoms with Gasteiger partial charge in [0.15, 0.2) is 0 Å². The van der Waals surface area contributed by atoms with Gasteiger partial charge >= 0.3 is 6.03 Å². The quantitative estimate of drug-likeness (QED) is 0.943. The van der Waals surface area contributed by atoms with Gasteiger partial charge in [0.2, 0.25) is 0 Å². The van der Waals surface area contributed by atoms with Crippen LogP contribution in [0.5, 0.6) is 0 Å². The molecule has 6 nitrogen and oxygen atoms in total. The molecule has 0 spiro atoms. The summed E-state index contributed by atoms with van der Waals surface area (Å²) in [4.78, 5) is 18.7. The van der Waals surface area contributed by atoms with Crippen molar-refractivity contribution in [2.24, 2.45) is 7.05 Å². The second kappa shape index (κ2) is 6.81. The van der Waals surface area contributed by atoms with Crippen molar-refractivity contribution in [3.63, 3.8) is 0 Å². The largest absolute Gasteiger partial charge is 0.332 e. The van der Waals surface area contributed by atoms with Crippen LogP contribution >= 0.6 is 0 Å². The Balaban J connectivity index is 1.63. The highest BCUT2D eigenvalue weighted by Crippen LogP contribution is 2.31. The van der Waals surface area contributed by atoms with Crippen LogP contribution in [0.2, 0.25) is 0 Å². The molecule has 1 atom stereocenters. The van der Waals surface area contributed by atoms with Crippen LogP contribution in [0.3, 0.4) is 0 Å². The zero-order valence-electron chi connectivity index (χ0n) is 13.7. The van der Waals surface area contributed by atoms with Gasteiger partial charge in [0.1, 0.15) is 0 Å². The smallest absolute Gasteiger partial charge is 0.318 e. The molecule has 2 aromatic rings. The van der Waals surface area contributed by atoms with E-state index in [-0.39, 0.29) is 12.1 Å². The Kier molecular flexibility index (Phi) is 4.60. The maximum absolute atomic E-state index is 12.5. The van der Waals surface area contributed by atoms with E-state index in [2.05, 4.69) is 22.3 Å². The number of nitrogens with one attached hydrogen (secondary N) is 1. The molecule has 0 saturated carbocycles. The highest BCUT2D eigenvalue weighted by atomic mass is 16.2. The summed E-state index contributed by atoms with van der Waals surface area (Å²) in [6.45, 7) is 3.36. The van der Waals surface area contributed by atoms with Gasteiger partial charge in [-0.1, -0.05) is 6.92 Å². The van der Waals surface area contributed by atoms with Crippen LogP contribution in [0.4, 0.5) is 4.79 Å². The summed E-state index contributed by atoms with van der Waals surface area (Å²) in [6.07, 6.45) is 8.62. The minimum atomic E-state index is -0.0277. The van der Waals surface area contributed by atoms with Crippen LogP contribution in [0, 0.1) is 0 Å². The average Bonchev–Trinajstić information content (AvgIpc) is 3.21. The molecule has 0 aliphatic carbocycles. The highest BCUT2D eigenvalue weighted by molar-refractivity contribution is 5.75. The minimum Gasteiger partial charge on any atom is -0.332 e. The monoisotopic (exact) mass is 313 g/mol. The predicted octanol–water partition coefficient (Wildman–Crippen LogP) is 2.42. The third-order valence-electron chi connectivity index (χ3n) is 4.33. The number of carbonyl (C=O) groups excluding carboxylic acids is 1. The standard InChI is InChI=1S/C17H23N5O/c1-3-13-6-7-18-15(9-13)11-19-17(23)22-8-4-5-16(22)14-10-20-21(2)12-14/h6-7,9-10,12,16H,3-5,8,11H2,1-2H3,(H,19,23). The SMILES string of the molecule is CCc1ccnc(CNC(=O)N2CCCC2c2cnn(C)c2)c1. The lowest BCUT2D eigenvalue weighted by atomic mass is 10.1. The molecular formula is C17H23N5O. The molecule has 1 saturated heterocycles. The van der Waals surface area contributed by atoms with Crippen LogP contribution < -0.4 is 5.32 Å². The van der Waals surface area contributed by atoms with Gasteiger partial charge < -0.3 is 10.2 Å². The fraction of sp³-hybridized carbons (Fsp3) is 0.471. The molecule has 2 amide bonds. The second-order valence-electron chi connectivity index (χ2n) is 5.97. The van der Waals surface area contributed by atoms with E-state index in [1.54, 1.807) is 10.9 Å². The Morgan fingerprint density at radius 3 is 3.09 bits per heavy atom. The summed E-state index contributed by atoms with van der Waals surface area (Å²) >= 11 is 0. The number of aryl methyl sites for hydroxylation is 2. The molecular weight excluding hydrogens is 290 g/mol. The predicted molar refractivity (Wildman–Crippen MR) is 87.7 cm³/mol. The highest BCUT2D eigenvalue weighted by Gasteiger charge is 2.30. The molecule has 0 aromatic carbocycles. The van der Waals surface area contributed by atoms with Crippen molar-refractivity contribution in [3.8, 4) is 0 Å². The Morgan fingerprint density at radius 2 is 2.35 bits per heavy atom. The molecule has 3 rings (SSSR count). The fourth-order valence-corrected chi connectivity index (χ4v) is 3.08. The first-order valence-corrected chi connectivity index (χ1v) is 8.14. The van der Waals surface area contributed by atoms with Gasteiger partial charge in [-0.2, -0.15) is 5.10 Å². The summed E-state index contributed by atoms with van der Waals surface area (Å²) in [6, 6.07) is 4.14. The van der Waals surface area contributed by atoms with E-state index < -0.39 is 0 Å². The number of likely N-dealkylation sites (tertiary alicyclic amines) is 1. The summed E-state index contributed by atoms with van der Waals surface area (Å²) in [7, 11) is 1.90. The number of aromatic nitrogens is 3. The summed E-state index contributed by atoms with van der Waals surface area (Å²) in [5.74, 6) is 0. The van der Waals surface area contributed by atoms with E-state index in [1.807, 2.05) is 36.5 Å².